The van der Waals surface area contributed by atoms with E-state index in [-0.39, 0.29) is 30.3 Å². The van der Waals surface area contributed by atoms with Crippen molar-refractivity contribution in [3.8, 4) is 0 Å². The van der Waals surface area contributed by atoms with E-state index in [0.717, 1.165) is 38.8 Å². The molecule has 0 amide bonds. The van der Waals surface area contributed by atoms with Crippen molar-refractivity contribution in [1.82, 2.24) is 9.80 Å². The van der Waals surface area contributed by atoms with E-state index in [4.69, 9.17) is 0 Å². The first-order valence-corrected chi connectivity index (χ1v) is 6.00. The molecule has 0 saturated heterocycles. The molecule has 1 radical (unpaired) electrons. The van der Waals surface area contributed by atoms with E-state index in [9.17, 15) is 10.2 Å². The minimum Gasteiger partial charge on any atom is -0.854 e. The van der Waals surface area contributed by atoms with Gasteiger partial charge in [-0.15, -0.1) is 13.2 Å². The van der Waals surface area contributed by atoms with Crippen LogP contribution in [0.4, 0.5) is 0 Å². The molecule has 0 fully saturated rings. The quantitative estimate of drug-likeness (QED) is 0.442. The summed E-state index contributed by atoms with van der Waals surface area (Å²) in [5.74, 6) is 0. The third-order valence-corrected chi connectivity index (χ3v) is 2.00. The van der Waals surface area contributed by atoms with Crippen LogP contribution >= 0.6 is 0 Å². The van der Waals surface area contributed by atoms with Gasteiger partial charge in [0.1, 0.15) is 0 Å². The van der Waals surface area contributed by atoms with Crippen LogP contribution in [-0.2, 0) is 17.1 Å². The molecule has 0 spiro atoms. The fraction of sp³-hybridized carbons (Fsp3) is 1.00. The number of nitrogens with zero attached hydrogens (tertiary/aromatic N) is 2. The van der Waals surface area contributed by atoms with Crippen LogP contribution in [0.2, 0.25) is 0 Å². The summed E-state index contributed by atoms with van der Waals surface area (Å²) in [5.41, 5.74) is 0. The van der Waals surface area contributed by atoms with E-state index in [2.05, 4.69) is 9.80 Å². The van der Waals surface area contributed by atoms with Crippen LogP contribution in [0.3, 0.4) is 0 Å². The molecule has 0 heterocycles. The molecule has 0 aliphatic carbocycles. The Labute approximate surface area is 117 Å². The largest absolute Gasteiger partial charge is 2.00 e. The van der Waals surface area contributed by atoms with Crippen LogP contribution in [0, 0.1) is 0 Å². The number of hydrogen-bond acceptors (Lipinski definition) is 4. The van der Waals surface area contributed by atoms with E-state index in [1.807, 2.05) is 28.2 Å². The van der Waals surface area contributed by atoms with E-state index < -0.39 is 0 Å². The molecule has 109 valence electrons. The average molecular weight is 296 g/mol. The van der Waals surface area contributed by atoms with Crippen molar-refractivity contribution in [1.29, 1.82) is 0 Å². The minimum atomic E-state index is 0. The van der Waals surface area contributed by atoms with Crippen LogP contribution in [0.25, 0.3) is 0 Å². The van der Waals surface area contributed by atoms with E-state index in [0.29, 0.717) is 0 Å². The van der Waals surface area contributed by atoms with Gasteiger partial charge in [-0.2, -0.15) is 0 Å². The molecule has 0 unspecified atom stereocenters. The van der Waals surface area contributed by atoms with Gasteiger partial charge in [-0.3, -0.25) is 0 Å². The summed E-state index contributed by atoms with van der Waals surface area (Å²) in [6.07, 6.45) is 3.71. The minimum absolute atomic E-state index is 0. The first-order valence-electron chi connectivity index (χ1n) is 6.00. The third kappa shape index (κ3) is 31.4. The van der Waals surface area contributed by atoms with Crippen molar-refractivity contribution in [3.63, 3.8) is 0 Å². The second kappa shape index (κ2) is 18.7. The summed E-state index contributed by atoms with van der Waals surface area (Å²) in [4.78, 5) is 4.19. The zero-order chi connectivity index (χ0) is 12.8. The van der Waals surface area contributed by atoms with Gasteiger partial charge < -0.3 is 20.0 Å². The summed E-state index contributed by atoms with van der Waals surface area (Å²) >= 11 is 0. The van der Waals surface area contributed by atoms with Gasteiger partial charge in [0, 0.05) is 0 Å². The molecule has 0 rings (SSSR count). The second-order valence-corrected chi connectivity index (χ2v) is 4.43. The molecule has 0 aromatic rings. The molecular formula is C12H28CuN2O2. The standard InChI is InChI=1S/2C6H14NO.Cu/c2*1-7(2)5-3-4-6-8;/h2*3-6H2,1-2H3;/q2*-1;+2. The monoisotopic (exact) mass is 295 g/mol. The summed E-state index contributed by atoms with van der Waals surface area (Å²) in [7, 11) is 8.07. The van der Waals surface area contributed by atoms with Crippen molar-refractivity contribution in [2.75, 3.05) is 54.5 Å². The maximum atomic E-state index is 9.89. The van der Waals surface area contributed by atoms with E-state index >= 15 is 0 Å². The van der Waals surface area contributed by atoms with Gasteiger partial charge in [0.2, 0.25) is 0 Å². The summed E-state index contributed by atoms with van der Waals surface area (Å²) < 4.78 is 0. The van der Waals surface area contributed by atoms with Gasteiger partial charge in [-0.05, 0) is 54.1 Å². The first-order chi connectivity index (χ1) is 7.54. The van der Waals surface area contributed by atoms with Crippen LogP contribution < -0.4 is 10.2 Å². The van der Waals surface area contributed by atoms with Crippen molar-refractivity contribution < 1.29 is 27.3 Å². The Bertz CT molecular complexity index is 111. The summed E-state index contributed by atoms with van der Waals surface area (Å²) in [6.45, 7) is 2.24. The Balaban J connectivity index is -0.000000218. The summed E-state index contributed by atoms with van der Waals surface area (Å²) in [6, 6.07) is 0. The van der Waals surface area contributed by atoms with Crippen molar-refractivity contribution in [2.45, 2.75) is 25.7 Å². The Morgan fingerprint density at radius 3 is 1.12 bits per heavy atom. The van der Waals surface area contributed by atoms with Crippen LogP contribution in [0.15, 0.2) is 0 Å². The van der Waals surface area contributed by atoms with Gasteiger partial charge in [0.25, 0.3) is 0 Å². The molecular weight excluding hydrogens is 268 g/mol. The number of rotatable bonds is 8. The van der Waals surface area contributed by atoms with Gasteiger partial charge in [-0.1, -0.05) is 12.8 Å². The maximum Gasteiger partial charge on any atom is 2.00 e. The molecule has 0 saturated carbocycles. The number of unbranched alkanes of at least 4 members (excludes halogenated alkanes) is 2. The number of hydrogen-bond donors (Lipinski definition) is 0. The van der Waals surface area contributed by atoms with Crippen molar-refractivity contribution >= 4 is 0 Å². The normalized spacial score (nSPS) is 9.88. The smallest absolute Gasteiger partial charge is 0.854 e. The van der Waals surface area contributed by atoms with Gasteiger partial charge in [-0.25, -0.2) is 0 Å². The fourth-order valence-electron chi connectivity index (χ4n) is 1.06. The molecule has 0 bridgehead atoms. The van der Waals surface area contributed by atoms with E-state index in [1.54, 1.807) is 0 Å². The van der Waals surface area contributed by atoms with Gasteiger partial charge in [0.15, 0.2) is 0 Å². The predicted molar refractivity (Wildman–Crippen MR) is 65.3 cm³/mol. The second-order valence-electron chi connectivity index (χ2n) is 4.43. The molecule has 0 N–H and O–H groups in total. The molecule has 0 aliphatic rings. The van der Waals surface area contributed by atoms with Crippen LogP contribution in [-0.4, -0.2) is 64.3 Å². The molecule has 0 atom stereocenters. The van der Waals surface area contributed by atoms with Gasteiger partial charge in [0.05, 0.1) is 0 Å². The van der Waals surface area contributed by atoms with Crippen molar-refractivity contribution in [2.24, 2.45) is 0 Å². The molecule has 4 nitrogen and oxygen atoms in total. The Morgan fingerprint density at radius 1 is 0.647 bits per heavy atom. The topological polar surface area (TPSA) is 52.6 Å². The predicted octanol–water partition coefficient (Wildman–Crippen LogP) is -0.625. The Hall–Kier alpha value is 0.359. The zero-order valence-corrected chi connectivity index (χ0v) is 12.6. The fourth-order valence-corrected chi connectivity index (χ4v) is 1.06. The molecule has 17 heavy (non-hydrogen) atoms. The van der Waals surface area contributed by atoms with Crippen LogP contribution in [0.1, 0.15) is 25.7 Å². The van der Waals surface area contributed by atoms with Crippen LogP contribution in [0.5, 0.6) is 0 Å². The average Bonchev–Trinajstić information content (AvgIpc) is 2.18. The van der Waals surface area contributed by atoms with Crippen molar-refractivity contribution in [3.05, 3.63) is 0 Å². The summed E-state index contributed by atoms with van der Waals surface area (Å²) in [5, 5.41) is 19.8. The molecule has 0 aliphatic heterocycles. The maximum absolute atomic E-state index is 9.89. The first kappa shape index (κ1) is 22.5. The molecule has 0 aromatic carbocycles. The Morgan fingerprint density at radius 2 is 0.941 bits per heavy atom. The molecule has 0 aromatic heterocycles. The van der Waals surface area contributed by atoms with E-state index in [1.165, 1.54) is 0 Å². The SMILES string of the molecule is CN(C)CCCC[O-].CN(C)CCCC[O-].[Cu+2]. The Kier molecular flexibility index (Phi) is 24.8. The third-order valence-electron chi connectivity index (χ3n) is 2.00. The molecule has 5 heteroatoms. The van der Waals surface area contributed by atoms with Gasteiger partial charge >= 0.3 is 17.1 Å². The zero-order valence-electron chi connectivity index (χ0n) is 11.7.